The molecule has 43 heavy (non-hydrogen) atoms. The molecule has 0 unspecified atom stereocenters. The van der Waals surface area contributed by atoms with Crippen LogP contribution in [0.3, 0.4) is 0 Å². The number of aromatic nitrogens is 3. The van der Waals surface area contributed by atoms with Gasteiger partial charge >= 0.3 is 18.0 Å². The zero-order chi connectivity index (χ0) is 31.9. The summed E-state index contributed by atoms with van der Waals surface area (Å²) in [6, 6.07) is 8.09. The number of rotatable bonds is 11. The molecule has 0 aliphatic carbocycles. The molecular weight excluding hydrogens is 552 g/mol. The third-order valence-electron chi connectivity index (χ3n) is 6.45. The molecule has 232 valence electrons. The van der Waals surface area contributed by atoms with Gasteiger partial charge in [0.2, 0.25) is 5.88 Å². The lowest BCUT2D eigenvalue weighted by Crippen LogP contribution is -2.32. The molecule has 0 spiro atoms. The van der Waals surface area contributed by atoms with Crippen LogP contribution in [0.2, 0.25) is 0 Å². The van der Waals surface area contributed by atoms with E-state index in [9.17, 15) is 14.4 Å². The van der Waals surface area contributed by atoms with Gasteiger partial charge in [0, 0.05) is 35.3 Å². The number of hydrogen-bond donors (Lipinski definition) is 1. The number of aryl methyl sites for hydroxylation is 2. The third kappa shape index (κ3) is 9.04. The molecule has 3 aromatic rings. The van der Waals surface area contributed by atoms with E-state index in [2.05, 4.69) is 24.3 Å². The van der Waals surface area contributed by atoms with Crippen LogP contribution in [0.15, 0.2) is 30.5 Å². The van der Waals surface area contributed by atoms with E-state index in [-0.39, 0.29) is 31.1 Å². The second kappa shape index (κ2) is 14.2. The number of carbonyl (C=O) groups excluding carboxylic acids is 3. The van der Waals surface area contributed by atoms with E-state index in [0.717, 1.165) is 39.2 Å². The van der Waals surface area contributed by atoms with Crippen molar-refractivity contribution < 1.29 is 33.3 Å². The molecule has 3 rings (SSSR count). The molecule has 2 heterocycles. The Bertz CT molecular complexity index is 1450. The first-order valence-electron chi connectivity index (χ1n) is 14.1. The molecule has 1 N–H and O–H groups in total. The van der Waals surface area contributed by atoms with Gasteiger partial charge in [0.15, 0.2) is 0 Å². The van der Waals surface area contributed by atoms with Gasteiger partial charge in [-0.25, -0.2) is 9.59 Å². The van der Waals surface area contributed by atoms with Crippen molar-refractivity contribution in [1.29, 1.82) is 0 Å². The highest BCUT2D eigenvalue weighted by Crippen LogP contribution is 2.34. The summed E-state index contributed by atoms with van der Waals surface area (Å²) in [7, 11) is 2.52. The average Bonchev–Trinajstić information content (AvgIpc) is 3.32. The molecule has 0 atom stereocenters. The minimum absolute atomic E-state index is 0.00265. The van der Waals surface area contributed by atoms with Gasteiger partial charge in [-0.1, -0.05) is 43.7 Å². The number of nitrogens with one attached hydrogen (secondary N) is 1. The fraction of sp³-hybridized carbons (Fsp3) is 0.469. The van der Waals surface area contributed by atoms with Crippen LogP contribution in [-0.2, 0) is 45.1 Å². The summed E-state index contributed by atoms with van der Waals surface area (Å²) in [6.07, 6.45) is 1.54. The van der Waals surface area contributed by atoms with Gasteiger partial charge in [-0.15, -0.1) is 5.10 Å². The summed E-state index contributed by atoms with van der Waals surface area (Å²) >= 11 is 0. The van der Waals surface area contributed by atoms with Crippen LogP contribution < -0.4 is 10.1 Å². The zero-order valence-corrected chi connectivity index (χ0v) is 26.5. The van der Waals surface area contributed by atoms with E-state index < -0.39 is 23.6 Å². The molecule has 0 saturated heterocycles. The summed E-state index contributed by atoms with van der Waals surface area (Å²) in [5.74, 6) is -0.879. The predicted octanol–water partition coefficient (Wildman–Crippen LogP) is 5.32. The van der Waals surface area contributed by atoms with Gasteiger partial charge < -0.3 is 24.3 Å². The van der Waals surface area contributed by atoms with Crippen LogP contribution in [0.4, 0.5) is 4.79 Å². The number of methoxy groups -OCH3 is 2. The first kappa shape index (κ1) is 33.1. The molecule has 11 nitrogen and oxygen atoms in total. The summed E-state index contributed by atoms with van der Waals surface area (Å²) in [6.45, 7) is 13.6. The van der Waals surface area contributed by atoms with Crippen molar-refractivity contribution in [2.75, 3.05) is 14.2 Å². The van der Waals surface area contributed by atoms with Gasteiger partial charge in [0.25, 0.3) is 0 Å². The molecule has 0 bridgehead atoms. The summed E-state index contributed by atoms with van der Waals surface area (Å²) in [5, 5.41) is 7.20. The Kier molecular flexibility index (Phi) is 10.9. The minimum Gasteiger partial charge on any atom is -0.471 e. The quantitative estimate of drug-likeness (QED) is 0.231. The van der Waals surface area contributed by atoms with Crippen molar-refractivity contribution in [2.24, 2.45) is 5.92 Å². The van der Waals surface area contributed by atoms with Crippen LogP contribution in [0.25, 0.3) is 11.1 Å². The van der Waals surface area contributed by atoms with Crippen molar-refractivity contribution >= 4 is 18.0 Å². The van der Waals surface area contributed by atoms with Gasteiger partial charge in [-0.3, -0.25) is 14.5 Å². The Hall–Kier alpha value is -4.41. The number of hydrogen-bond acceptors (Lipinski definition) is 9. The SMILES string of the molecule is COC(=O)Cn1cc(C(=O)OC)c(OCc2c(C)nc(CC(C)C)c(CNC(=O)OC(C)(C)C)c2-c2ccc(C)cc2)n1. The molecule has 2 aromatic heterocycles. The Morgan fingerprint density at radius 3 is 2.26 bits per heavy atom. The van der Waals surface area contributed by atoms with Crippen molar-refractivity contribution in [3.8, 4) is 17.0 Å². The molecule has 0 saturated carbocycles. The van der Waals surface area contributed by atoms with Gasteiger partial charge in [0.1, 0.15) is 24.3 Å². The number of alkyl carbamates (subject to hydrolysis) is 1. The number of benzene rings is 1. The Morgan fingerprint density at radius 2 is 1.67 bits per heavy atom. The average molecular weight is 595 g/mol. The molecule has 1 amide bonds. The van der Waals surface area contributed by atoms with E-state index in [1.807, 2.05) is 58.9 Å². The van der Waals surface area contributed by atoms with E-state index >= 15 is 0 Å². The molecule has 0 aliphatic rings. The van der Waals surface area contributed by atoms with E-state index in [0.29, 0.717) is 12.3 Å². The number of ether oxygens (including phenoxy) is 4. The Balaban J connectivity index is 2.13. The lowest BCUT2D eigenvalue weighted by atomic mass is 9.90. The molecule has 0 aliphatic heterocycles. The second-order valence-electron chi connectivity index (χ2n) is 11.7. The number of esters is 2. The van der Waals surface area contributed by atoms with Crippen molar-refractivity contribution in [2.45, 2.75) is 80.2 Å². The third-order valence-corrected chi connectivity index (χ3v) is 6.45. The second-order valence-corrected chi connectivity index (χ2v) is 11.7. The van der Waals surface area contributed by atoms with Crippen LogP contribution >= 0.6 is 0 Å². The number of pyridine rings is 1. The highest BCUT2D eigenvalue weighted by Gasteiger charge is 2.25. The predicted molar refractivity (Wildman–Crippen MR) is 161 cm³/mol. The van der Waals surface area contributed by atoms with Crippen molar-refractivity contribution in [3.05, 3.63) is 64.1 Å². The first-order chi connectivity index (χ1) is 20.2. The summed E-state index contributed by atoms with van der Waals surface area (Å²) < 4.78 is 22.5. The zero-order valence-electron chi connectivity index (χ0n) is 26.5. The number of carbonyl (C=O) groups is 3. The monoisotopic (exact) mass is 594 g/mol. The van der Waals surface area contributed by atoms with Crippen molar-refractivity contribution in [3.63, 3.8) is 0 Å². The van der Waals surface area contributed by atoms with E-state index in [1.54, 1.807) is 0 Å². The smallest absolute Gasteiger partial charge is 0.407 e. The Morgan fingerprint density at radius 1 is 1.00 bits per heavy atom. The molecule has 0 radical (unpaired) electrons. The largest absolute Gasteiger partial charge is 0.471 e. The highest BCUT2D eigenvalue weighted by molar-refractivity contribution is 5.91. The standard InChI is InChI=1S/C32H42N4O7/c1-19(2)14-26-23(15-33-31(39)43-32(5,6)7)28(22-12-10-20(3)11-13-22)25(21(4)34-26)18-42-29-24(30(38)41-9)16-36(35-29)17-27(37)40-8/h10-13,16,19H,14-15,17-18H2,1-9H3,(H,33,39). The first-order valence-corrected chi connectivity index (χ1v) is 14.1. The molecular formula is C32H42N4O7. The van der Waals surface area contributed by atoms with Crippen LogP contribution in [0, 0.1) is 19.8 Å². The number of nitrogens with zero attached hydrogens (tertiary/aromatic N) is 3. The van der Waals surface area contributed by atoms with Crippen LogP contribution in [0.5, 0.6) is 5.88 Å². The molecule has 0 fully saturated rings. The van der Waals surface area contributed by atoms with Crippen molar-refractivity contribution in [1.82, 2.24) is 20.1 Å². The summed E-state index contributed by atoms with van der Waals surface area (Å²) in [5.41, 5.74) is 5.51. The minimum atomic E-state index is -0.658. The number of amides is 1. The highest BCUT2D eigenvalue weighted by atomic mass is 16.6. The Labute approximate surface area is 252 Å². The normalized spacial score (nSPS) is 11.3. The van der Waals surface area contributed by atoms with Gasteiger partial charge in [0.05, 0.1) is 14.2 Å². The van der Waals surface area contributed by atoms with Gasteiger partial charge in [-0.2, -0.15) is 0 Å². The maximum absolute atomic E-state index is 12.7. The topological polar surface area (TPSA) is 131 Å². The molecule has 11 heteroatoms. The summed E-state index contributed by atoms with van der Waals surface area (Å²) in [4.78, 5) is 42.0. The lowest BCUT2D eigenvalue weighted by Gasteiger charge is -2.23. The molecule has 1 aromatic carbocycles. The maximum Gasteiger partial charge on any atom is 0.407 e. The fourth-order valence-electron chi connectivity index (χ4n) is 4.49. The van der Waals surface area contributed by atoms with E-state index in [4.69, 9.17) is 23.9 Å². The maximum atomic E-state index is 12.7. The van der Waals surface area contributed by atoms with Crippen LogP contribution in [-0.4, -0.2) is 52.6 Å². The lowest BCUT2D eigenvalue weighted by molar-refractivity contribution is -0.141. The van der Waals surface area contributed by atoms with Gasteiger partial charge in [-0.05, 0) is 58.1 Å². The van der Waals surface area contributed by atoms with Crippen LogP contribution in [0.1, 0.15) is 73.1 Å². The van der Waals surface area contributed by atoms with E-state index in [1.165, 1.54) is 25.1 Å². The fourth-order valence-corrected chi connectivity index (χ4v) is 4.49.